The van der Waals surface area contributed by atoms with E-state index in [-0.39, 0.29) is 5.25 Å². The Morgan fingerprint density at radius 1 is 1.35 bits per heavy atom. The molecule has 1 atom stereocenters. The molecular formula is C14H18N4OS. The molecule has 2 aliphatic rings. The quantitative estimate of drug-likeness (QED) is 0.828. The van der Waals surface area contributed by atoms with Gasteiger partial charge >= 0.3 is 0 Å². The zero-order valence-electron chi connectivity index (χ0n) is 11.2. The second-order valence-corrected chi connectivity index (χ2v) is 6.74. The van der Waals surface area contributed by atoms with Gasteiger partial charge in [-0.25, -0.2) is 0 Å². The molecule has 1 unspecified atom stereocenters. The van der Waals surface area contributed by atoms with Crippen LogP contribution in [0.5, 0.6) is 0 Å². The number of rotatable bonds is 6. The third kappa shape index (κ3) is 2.27. The van der Waals surface area contributed by atoms with Crippen molar-refractivity contribution in [2.75, 3.05) is 6.54 Å². The molecule has 2 fully saturated rings. The van der Waals surface area contributed by atoms with Gasteiger partial charge in [0.1, 0.15) is 11.6 Å². The van der Waals surface area contributed by atoms with Crippen molar-refractivity contribution in [3.63, 3.8) is 0 Å². The minimum atomic E-state index is 0.110. The fraction of sp³-hybridized carbons (Fsp3) is 0.571. The molecule has 4 rings (SSSR count). The van der Waals surface area contributed by atoms with Crippen molar-refractivity contribution >= 4 is 11.8 Å². The lowest BCUT2D eigenvalue weighted by Gasteiger charge is -2.13. The molecule has 5 nitrogen and oxygen atoms in total. The number of thioether (sulfide) groups is 1. The van der Waals surface area contributed by atoms with Crippen molar-refractivity contribution in [3.05, 3.63) is 30.0 Å². The van der Waals surface area contributed by atoms with Gasteiger partial charge in [0.25, 0.3) is 0 Å². The largest absolute Gasteiger partial charge is 0.468 e. The zero-order chi connectivity index (χ0) is 13.5. The molecule has 0 bridgehead atoms. The van der Waals surface area contributed by atoms with Gasteiger partial charge in [-0.15, -0.1) is 10.2 Å². The highest BCUT2D eigenvalue weighted by molar-refractivity contribution is 7.99. The van der Waals surface area contributed by atoms with Crippen LogP contribution in [0.1, 0.15) is 54.5 Å². The maximum absolute atomic E-state index is 5.89. The first-order valence-electron chi connectivity index (χ1n) is 7.21. The summed E-state index contributed by atoms with van der Waals surface area (Å²) in [5.74, 6) is 2.73. The van der Waals surface area contributed by atoms with Gasteiger partial charge in [-0.2, -0.15) is 0 Å². The normalized spacial score (nSPS) is 20.2. The average Bonchev–Trinajstić information content (AvgIpc) is 3.39. The van der Waals surface area contributed by atoms with Crippen molar-refractivity contribution in [1.82, 2.24) is 14.8 Å². The van der Waals surface area contributed by atoms with Crippen molar-refractivity contribution < 1.29 is 4.42 Å². The van der Waals surface area contributed by atoms with E-state index in [9.17, 15) is 0 Å². The second kappa shape index (κ2) is 4.93. The summed E-state index contributed by atoms with van der Waals surface area (Å²) in [6.45, 7) is 0.536. The van der Waals surface area contributed by atoms with Crippen LogP contribution in [0.25, 0.3) is 0 Å². The van der Waals surface area contributed by atoms with Crippen molar-refractivity contribution in [2.24, 2.45) is 5.73 Å². The predicted octanol–water partition coefficient (Wildman–Crippen LogP) is 2.88. The summed E-state index contributed by atoms with van der Waals surface area (Å²) >= 11 is 1.68. The second-order valence-electron chi connectivity index (χ2n) is 5.57. The van der Waals surface area contributed by atoms with E-state index in [1.807, 2.05) is 12.1 Å². The van der Waals surface area contributed by atoms with E-state index in [4.69, 9.17) is 10.2 Å². The fourth-order valence-electron chi connectivity index (χ4n) is 2.49. The molecule has 6 heteroatoms. The van der Waals surface area contributed by atoms with Gasteiger partial charge in [0.15, 0.2) is 5.16 Å². The van der Waals surface area contributed by atoms with Crippen LogP contribution in [0.15, 0.2) is 28.0 Å². The third-order valence-electron chi connectivity index (χ3n) is 3.87. The molecule has 2 aliphatic carbocycles. The van der Waals surface area contributed by atoms with Gasteiger partial charge in [0.05, 0.1) is 11.5 Å². The lowest BCUT2D eigenvalue weighted by molar-refractivity contribution is 0.506. The number of hydrogen-bond donors (Lipinski definition) is 1. The lowest BCUT2D eigenvalue weighted by Crippen LogP contribution is -2.10. The van der Waals surface area contributed by atoms with Crippen LogP contribution in [-0.2, 0) is 0 Å². The van der Waals surface area contributed by atoms with Crippen molar-refractivity contribution in [3.8, 4) is 0 Å². The number of nitrogens with zero attached hydrogens (tertiary/aromatic N) is 3. The van der Waals surface area contributed by atoms with E-state index in [0.717, 1.165) is 10.9 Å². The minimum Gasteiger partial charge on any atom is -0.468 e. The van der Waals surface area contributed by atoms with Crippen LogP contribution < -0.4 is 5.73 Å². The van der Waals surface area contributed by atoms with E-state index in [1.165, 1.54) is 31.5 Å². The summed E-state index contributed by atoms with van der Waals surface area (Å²) in [6, 6.07) is 4.49. The zero-order valence-corrected chi connectivity index (χ0v) is 12.1. The van der Waals surface area contributed by atoms with Crippen LogP contribution >= 0.6 is 11.8 Å². The smallest absolute Gasteiger partial charge is 0.192 e. The summed E-state index contributed by atoms with van der Waals surface area (Å²) in [4.78, 5) is 0. The Morgan fingerprint density at radius 3 is 2.80 bits per heavy atom. The molecule has 0 aliphatic heterocycles. The van der Waals surface area contributed by atoms with Crippen LogP contribution in [0.2, 0.25) is 0 Å². The molecule has 20 heavy (non-hydrogen) atoms. The maximum Gasteiger partial charge on any atom is 0.192 e. The summed E-state index contributed by atoms with van der Waals surface area (Å²) < 4.78 is 7.84. The van der Waals surface area contributed by atoms with Crippen LogP contribution in [0.4, 0.5) is 0 Å². The predicted molar refractivity (Wildman–Crippen MR) is 76.6 cm³/mol. The molecule has 2 heterocycles. The van der Waals surface area contributed by atoms with E-state index >= 15 is 0 Å². The number of aromatic nitrogens is 3. The molecule has 0 radical (unpaired) electrons. The van der Waals surface area contributed by atoms with Crippen LogP contribution in [-0.4, -0.2) is 21.3 Å². The molecule has 0 aromatic carbocycles. The minimum absolute atomic E-state index is 0.110. The topological polar surface area (TPSA) is 69.9 Å². The Hall–Kier alpha value is -1.27. The summed E-state index contributed by atoms with van der Waals surface area (Å²) in [7, 11) is 0. The molecule has 2 aromatic heterocycles. The Morgan fingerprint density at radius 2 is 2.20 bits per heavy atom. The summed E-state index contributed by atoms with van der Waals surface area (Å²) in [5.41, 5.74) is 5.89. The van der Waals surface area contributed by atoms with Gasteiger partial charge in [-0.05, 0) is 37.8 Å². The van der Waals surface area contributed by atoms with Gasteiger partial charge in [0, 0.05) is 18.5 Å². The first kappa shape index (κ1) is 12.5. The molecule has 0 saturated heterocycles. The fourth-order valence-corrected chi connectivity index (χ4v) is 3.53. The van der Waals surface area contributed by atoms with E-state index < -0.39 is 0 Å². The number of nitrogens with two attached hydrogens (primary N) is 1. The highest BCUT2D eigenvalue weighted by atomic mass is 32.2. The first-order valence-corrected chi connectivity index (χ1v) is 8.09. The van der Waals surface area contributed by atoms with Crippen molar-refractivity contribution in [2.45, 2.75) is 48.0 Å². The number of hydrogen-bond acceptors (Lipinski definition) is 5. The molecular weight excluding hydrogens is 272 g/mol. The van der Waals surface area contributed by atoms with Gasteiger partial charge in [-0.1, -0.05) is 11.8 Å². The van der Waals surface area contributed by atoms with Crippen LogP contribution in [0.3, 0.4) is 0 Å². The summed E-state index contributed by atoms with van der Waals surface area (Å²) in [5, 5.41) is 9.95. The maximum atomic E-state index is 5.89. The van der Waals surface area contributed by atoms with E-state index in [0.29, 0.717) is 18.5 Å². The molecule has 106 valence electrons. The first-order chi connectivity index (χ1) is 9.86. The SMILES string of the molecule is NCC(Sc1nnc(C2CC2)n1C1CC1)c1ccco1. The Balaban J connectivity index is 1.61. The average molecular weight is 290 g/mol. The lowest BCUT2D eigenvalue weighted by atomic mass is 10.3. The summed E-state index contributed by atoms with van der Waals surface area (Å²) in [6.07, 6.45) is 6.71. The van der Waals surface area contributed by atoms with Crippen LogP contribution in [0, 0.1) is 0 Å². The van der Waals surface area contributed by atoms with E-state index in [2.05, 4.69) is 14.8 Å². The third-order valence-corrected chi connectivity index (χ3v) is 5.07. The molecule has 2 saturated carbocycles. The van der Waals surface area contributed by atoms with Gasteiger partial charge < -0.3 is 14.7 Å². The van der Waals surface area contributed by atoms with Crippen molar-refractivity contribution in [1.29, 1.82) is 0 Å². The van der Waals surface area contributed by atoms with Gasteiger partial charge in [0.2, 0.25) is 0 Å². The molecule has 0 amide bonds. The Labute approximate surface area is 121 Å². The van der Waals surface area contributed by atoms with E-state index in [1.54, 1.807) is 18.0 Å². The monoisotopic (exact) mass is 290 g/mol. The highest BCUT2D eigenvalue weighted by Gasteiger charge is 2.37. The highest BCUT2D eigenvalue weighted by Crippen LogP contribution is 2.47. The Kier molecular flexibility index (Phi) is 3.07. The van der Waals surface area contributed by atoms with Gasteiger partial charge in [-0.3, -0.25) is 0 Å². The Bertz CT molecular complexity index is 586. The molecule has 2 N–H and O–H groups in total. The standard InChI is InChI=1S/C14H18N4OS/c15-8-12(11-2-1-7-19-11)20-14-17-16-13(9-3-4-9)18(14)10-5-6-10/h1-2,7,9-10,12H,3-6,8,15H2. The molecule has 0 spiro atoms. The number of furan rings is 1. The molecule has 2 aromatic rings.